The number of carbonyl (C=O) groups is 4. The lowest BCUT2D eigenvalue weighted by molar-refractivity contribution is -0.136. The van der Waals surface area contributed by atoms with Crippen molar-refractivity contribution < 1.29 is 19.2 Å². The number of imide groups is 2. The number of nitrogens with zero attached hydrogens (tertiary/aromatic N) is 2. The smallest absolute Gasteiger partial charge is 0.262 e. The van der Waals surface area contributed by atoms with E-state index in [-0.39, 0.29) is 36.4 Å². The molecule has 2 N–H and O–H groups in total. The highest BCUT2D eigenvalue weighted by Crippen LogP contribution is 2.39. The second-order valence-corrected chi connectivity index (χ2v) is 8.80. The number of piperidine rings is 1. The molecule has 5 rings (SSSR count). The average Bonchev–Trinajstić information content (AvgIpc) is 3.28. The summed E-state index contributed by atoms with van der Waals surface area (Å²) in [4.78, 5) is 53.1. The number of likely N-dealkylation sites (N-methyl/N-ethyl adjacent to an activating group) is 2. The highest BCUT2D eigenvalue weighted by molar-refractivity contribution is 6.23. The van der Waals surface area contributed by atoms with Crippen molar-refractivity contribution in [3.63, 3.8) is 0 Å². The van der Waals surface area contributed by atoms with Crippen molar-refractivity contribution in [2.45, 2.75) is 44.3 Å². The molecule has 8 heteroatoms. The van der Waals surface area contributed by atoms with Gasteiger partial charge in [-0.05, 0) is 48.7 Å². The molecular formula is C25H26N4O4. The van der Waals surface area contributed by atoms with E-state index < -0.39 is 23.8 Å². The predicted octanol–water partition coefficient (Wildman–Crippen LogP) is 1.80. The first kappa shape index (κ1) is 21.3. The van der Waals surface area contributed by atoms with Gasteiger partial charge in [0.1, 0.15) is 6.04 Å². The number of carbonyl (C=O) groups excluding carboxylic acids is 4. The number of anilines is 1. The van der Waals surface area contributed by atoms with Crippen molar-refractivity contribution in [2.75, 3.05) is 18.5 Å². The highest BCUT2D eigenvalue weighted by atomic mass is 16.2. The Labute approximate surface area is 191 Å². The zero-order chi connectivity index (χ0) is 23.3. The quantitative estimate of drug-likeness (QED) is 0.680. The van der Waals surface area contributed by atoms with Gasteiger partial charge in [0.15, 0.2) is 0 Å². The molecule has 33 heavy (non-hydrogen) atoms. The van der Waals surface area contributed by atoms with Gasteiger partial charge in [-0.25, -0.2) is 0 Å². The van der Waals surface area contributed by atoms with E-state index in [9.17, 15) is 19.2 Å². The standard InChI is InChI=1S/C25H26N4O4/c1-3-26-19-12-14-6-4-5-7-16(14)22(19)28(2)15-8-9-17-18(13-15)25(33)29(24(17)32)20-10-11-21(30)27-23(20)31/h4-9,13,19-20,22,26H,3,10-12H2,1-2H3,(H,27,30,31)/t19-,20?,22+/m0/s1. The van der Waals surface area contributed by atoms with Gasteiger partial charge in [-0.2, -0.15) is 0 Å². The van der Waals surface area contributed by atoms with Crippen LogP contribution in [0.5, 0.6) is 0 Å². The lowest BCUT2D eigenvalue weighted by Gasteiger charge is -2.33. The second kappa shape index (κ2) is 8.12. The molecule has 1 unspecified atom stereocenters. The van der Waals surface area contributed by atoms with E-state index in [1.54, 1.807) is 12.1 Å². The topological polar surface area (TPSA) is 98.8 Å². The molecule has 4 amide bonds. The summed E-state index contributed by atoms with van der Waals surface area (Å²) in [6.45, 7) is 2.93. The average molecular weight is 447 g/mol. The minimum absolute atomic E-state index is 0.0812. The SMILES string of the molecule is CCN[C@H]1Cc2ccccc2[C@H]1N(C)c1ccc2c(c1)C(=O)N(C1CCC(=O)NC1=O)C2=O. The number of hydrogen-bond donors (Lipinski definition) is 2. The van der Waals surface area contributed by atoms with Crippen LogP contribution in [0.4, 0.5) is 5.69 Å². The summed E-state index contributed by atoms with van der Waals surface area (Å²) in [5, 5.41) is 5.80. The monoisotopic (exact) mass is 446 g/mol. The molecule has 3 aliphatic rings. The molecule has 3 atom stereocenters. The van der Waals surface area contributed by atoms with Gasteiger partial charge in [-0.15, -0.1) is 0 Å². The van der Waals surface area contributed by atoms with E-state index in [1.807, 2.05) is 25.2 Å². The fraction of sp³-hybridized carbons (Fsp3) is 0.360. The molecule has 0 saturated carbocycles. The van der Waals surface area contributed by atoms with Gasteiger partial charge in [0, 0.05) is 25.2 Å². The van der Waals surface area contributed by atoms with Crippen LogP contribution >= 0.6 is 0 Å². The lowest BCUT2D eigenvalue weighted by atomic mass is 10.0. The zero-order valence-electron chi connectivity index (χ0n) is 18.6. The Hall–Kier alpha value is -3.52. The predicted molar refractivity (Wildman–Crippen MR) is 122 cm³/mol. The van der Waals surface area contributed by atoms with E-state index in [1.165, 1.54) is 11.1 Å². The molecule has 2 aromatic carbocycles. The number of nitrogens with one attached hydrogen (secondary N) is 2. The third kappa shape index (κ3) is 3.41. The minimum atomic E-state index is -0.962. The lowest BCUT2D eigenvalue weighted by Crippen LogP contribution is -2.54. The molecule has 0 radical (unpaired) electrons. The first-order valence-corrected chi connectivity index (χ1v) is 11.3. The van der Waals surface area contributed by atoms with Crippen molar-refractivity contribution in [3.8, 4) is 0 Å². The molecule has 2 aliphatic heterocycles. The van der Waals surface area contributed by atoms with Gasteiger partial charge in [0.05, 0.1) is 17.2 Å². The number of rotatable bonds is 5. The highest BCUT2D eigenvalue weighted by Gasteiger charge is 2.45. The summed E-state index contributed by atoms with van der Waals surface area (Å²) in [5.74, 6) is -1.97. The molecular weight excluding hydrogens is 420 g/mol. The van der Waals surface area contributed by atoms with Gasteiger partial charge in [-0.1, -0.05) is 31.2 Å². The van der Waals surface area contributed by atoms with E-state index in [2.05, 4.69) is 34.6 Å². The Balaban J connectivity index is 1.46. The van der Waals surface area contributed by atoms with E-state index in [4.69, 9.17) is 0 Å². The molecule has 0 aromatic heterocycles. The van der Waals surface area contributed by atoms with E-state index in [0.717, 1.165) is 23.6 Å². The van der Waals surface area contributed by atoms with Gasteiger partial charge in [-0.3, -0.25) is 29.4 Å². The van der Waals surface area contributed by atoms with Crippen LogP contribution in [0.1, 0.15) is 57.7 Å². The molecule has 2 heterocycles. The normalized spacial score (nSPS) is 24.1. The fourth-order valence-corrected chi connectivity index (χ4v) is 5.34. The van der Waals surface area contributed by atoms with Crippen molar-refractivity contribution in [2.24, 2.45) is 0 Å². The largest absolute Gasteiger partial charge is 0.366 e. The summed E-state index contributed by atoms with van der Waals surface area (Å²) >= 11 is 0. The number of benzene rings is 2. The molecule has 1 fully saturated rings. The third-order valence-electron chi connectivity index (χ3n) is 6.91. The Morgan fingerprint density at radius 3 is 2.58 bits per heavy atom. The van der Waals surface area contributed by atoms with Crippen molar-refractivity contribution in [1.29, 1.82) is 0 Å². The number of hydrogen-bond acceptors (Lipinski definition) is 6. The Morgan fingerprint density at radius 2 is 1.82 bits per heavy atom. The number of amides is 4. The van der Waals surface area contributed by atoms with Crippen molar-refractivity contribution >= 4 is 29.3 Å². The summed E-state index contributed by atoms with van der Waals surface area (Å²) in [6, 6.07) is 13.0. The fourth-order valence-electron chi connectivity index (χ4n) is 5.34. The Morgan fingerprint density at radius 1 is 1.06 bits per heavy atom. The maximum Gasteiger partial charge on any atom is 0.262 e. The summed E-state index contributed by atoms with van der Waals surface area (Å²) in [6.07, 6.45) is 1.17. The maximum absolute atomic E-state index is 13.2. The Kier molecular flexibility index (Phi) is 5.25. The molecule has 170 valence electrons. The zero-order valence-corrected chi connectivity index (χ0v) is 18.6. The van der Waals surface area contributed by atoms with Crippen molar-refractivity contribution in [1.82, 2.24) is 15.5 Å². The van der Waals surface area contributed by atoms with Crippen LogP contribution < -0.4 is 15.5 Å². The van der Waals surface area contributed by atoms with Gasteiger partial charge < -0.3 is 10.2 Å². The maximum atomic E-state index is 13.2. The van der Waals surface area contributed by atoms with Gasteiger partial charge in [0.2, 0.25) is 11.8 Å². The van der Waals surface area contributed by atoms with Crippen LogP contribution in [0.3, 0.4) is 0 Å². The molecule has 0 spiro atoms. The number of fused-ring (bicyclic) bond motifs is 2. The van der Waals surface area contributed by atoms with E-state index in [0.29, 0.717) is 5.56 Å². The van der Waals surface area contributed by atoms with Crippen LogP contribution in [-0.4, -0.2) is 54.2 Å². The third-order valence-corrected chi connectivity index (χ3v) is 6.91. The first-order chi connectivity index (χ1) is 15.9. The Bertz CT molecular complexity index is 1180. The van der Waals surface area contributed by atoms with E-state index >= 15 is 0 Å². The van der Waals surface area contributed by atoms with Gasteiger partial charge >= 0.3 is 0 Å². The molecule has 0 bridgehead atoms. The molecule has 2 aromatic rings. The minimum Gasteiger partial charge on any atom is -0.366 e. The second-order valence-electron chi connectivity index (χ2n) is 8.80. The van der Waals surface area contributed by atoms with Crippen LogP contribution in [0.2, 0.25) is 0 Å². The summed E-state index contributed by atoms with van der Waals surface area (Å²) < 4.78 is 0. The van der Waals surface area contributed by atoms with Crippen molar-refractivity contribution in [3.05, 3.63) is 64.7 Å². The van der Waals surface area contributed by atoms with Crippen LogP contribution in [0, 0.1) is 0 Å². The van der Waals surface area contributed by atoms with Gasteiger partial charge in [0.25, 0.3) is 11.8 Å². The molecule has 1 aliphatic carbocycles. The summed E-state index contributed by atoms with van der Waals surface area (Å²) in [7, 11) is 2.00. The van der Waals surface area contributed by atoms with Crippen LogP contribution in [0.15, 0.2) is 42.5 Å². The van der Waals surface area contributed by atoms with Crippen LogP contribution in [0.25, 0.3) is 0 Å². The first-order valence-electron chi connectivity index (χ1n) is 11.3. The van der Waals surface area contributed by atoms with Crippen LogP contribution in [-0.2, 0) is 16.0 Å². The molecule has 1 saturated heterocycles. The summed E-state index contributed by atoms with van der Waals surface area (Å²) in [5.41, 5.74) is 3.96. The molecule has 8 nitrogen and oxygen atoms in total.